The standard InChI is InChI=1S/C21H16ClN3O5/c1-13-10-15(11-18(19(13)26)25(29)30)20(27)16(12-23)21(28)24(2)9-5-7-14-6-3-4-8-17(14)22/h3-4,6,8,10-11,26-27H,9H2,1-2H3/b20-16-. The van der Waals surface area contributed by atoms with Crippen LogP contribution in [0.25, 0.3) is 5.76 Å². The third kappa shape index (κ3) is 4.88. The molecule has 0 unspecified atom stereocenters. The van der Waals surface area contributed by atoms with E-state index in [0.717, 1.165) is 11.0 Å². The number of carbonyl (C=O) groups is 1. The third-order valence-corrected chi connectivity index (χ3v) is 4.40. The summed E-state index contributed by atoms with van der Waals surface area (Å²) in [6.45, 7) is 1.33. The number of phenols is 1. The second kappa shape index (κ2) is 9.46. The Balaban J connectivity index is 2.33. The molecule has 0 spiro atoms. The number of hydrogen-bond acceptors (Lipinski definition) is 6. The van der Waals surface area contributed by atoms with Gasteiger partial charge in [0.1, 0.15) is 11.8 Å². The topological polar surface area (TPSA) is 128 Å². The van der Waals surface area contributed by atoms with Gasteiger partial charge in [-0.3, -0.25) is 14.9 Å². The molecule has 0 atom stereocenters. The van der Waals surface area contributed by atoms with Gasteiger partial charge < -0.3 is 15.1 Å². The lowest BCUT2D eigenvalue weighted by molar-refractivity contribution is -0.385. The number of hydrogen-bond donors (Lipinski definition) is 2. The first kappa shape index (κ1) is 22.3. The highest BCUT2D eigenvalue weighted by Gasteiger charge is 2.24. The first-order chi connectivity index (χ1) is 14.2. The molecule has 30 heavy (non-hydrogen) atoms. The summed E-state index contributed by atoms with van der Waals surface area (Å²) in [5.41, 5.74) is -0.727. The largest absolute Gasteiger partial charge is 0.506 e. The van der Waals surface area contributed by atoms with Crippen LogP contribution in [-0.2, 0) is 4.79 Å². The van der Waals surface area contributed by atoms with E-state index in [-0.39, 0.29) is 17.7 Å². The molecular weight excluding hydrogens is 410 g/mol. The van der Waals surface area contributed by atoms with Crippen molar-refractivity contribution in [3.05, 3.63) is 73.8 Å². The first-order valence-corrected chi connectivity index (χ1v) is 8.85. The maximum atomic E-state index is 12.6. The van der Waals surface area contributed by atoms with Crippen molar-refractivity contribution in [1.29, 1.82) is 5.26 Å². The van der Waals surface area contributed by atoms with E-state index in [1.807, 2.05) is 0 Å². The third-order valence-electron chi connectivity index (χ3n) is 4.07. The summed E-state index contributed by atoms with van der Waals surface area (Å²) in [4.78, 5) is 23.9. The lowest BCUT2D eigenvalue weighted by atomic mass is 10.0. The summed E-state index contributed by atoms with van der Waals surface area (Å²) >= 11 is 6.01. The van der Waals surface area contributed by atoms with Crippen LogP contribution < -0.4 is 0 Å². The summed E-state index contributed by atoms with van der Waals surface area (Å²) < 4.78 is 0. The van der Waals surface area contributed by atoms with Gasteiger partial charge >= 0.3 is 5.69 Å². The van der Waals surface area contributed by atoms with Crippen LogP contribution in [0.3, 0.4) is 0 Å². The molecule has 0 saturated carbocycles. The van der Waals surface area contributed by atoms with Crippen molar-refractivity contribution in [1.82, 2.24) is 4.90 Å². The zero-order chi connectivity index (χ0) is 22.4. The minimum Gasteiger partial charge on any atom is -0.506 e. The summed E-state index contributed by atoms with van der Waals surface area (Å²) in [7, 11) is 1.39. The molecule has 2 rings (SSSR count). The maximum Gasteiger partial charge on any atom is 0.311 e. The average Bonchev–Trinajstić information content (AvgIpc) is 2.71. The van der Waals surface area contributed by atoms with Gasteiger partial charge in [-0.15, -0.1) is 0 Å². The molecule has 0 bridgehead atoms. The van der Waals surface area contributed by atoms with Crippen LogP contribution in [0.4, 0.5) is 5.69 Å². The number of amides is 1. The van der Waals surface area contributed by atoms with Crippen molar-refractivity contribution in [2.75, 3.05) is 13.6 Å². The first-order valence-electron chi connectivity index (χ1n) is 8.48. The van der Waals surface area contributed by atoms with Crippen LogP contribution in [0.2, 0.25) is 5.02 Å². The van der Waals surface area contributed by atoms with E-state index in [0.29, 0.717) is 10.6 Å². The molecule has 0 aromatic heterocycles. The number of nitro groups is 1. The van der Waals surface area contributed by atoms with Gasteiger partial charge in [-0.25, -0.2) is 0 Å². The van der Waals surface area contributed by atoms with Crippen molar-refractivity contribution in [2.24, 2.45) is 0 Å². The Bertz CT molecular complexity index is 1160. The highest BCUT2D eigenvalue weighted by Crippen LogP contribution is 2.33. The molecule has 0 heterocycles. The highest BCUT2D eigenvalue weighted by atomic mass is 35.5. The molecule has 0 fully saturated rings. The van der Waals surface area contributed by atoms with Crippen molar-refractivity contribution in [3.63, 3.8) is 0 Å². The summed E-state index contributed by atoms with van der Waals surface area (Å²) in [5.74, 6) is 3.45. The van der Waals surface area contributed by atoms with Crippen molar-refractivity contribution < 1.29 is 19.9 Å². The van der Waals surface area contributed by atoms with Crippen LogP contribution in [0.15, 0.2) is 42.0 Å². The molecule has 0 radical (unpaired) electrons. The number of likely N-dealkylation sites (N-methyl/N-ethyl adjacent to an activating group) is 1. The minimum atomic E-state index is -0.830. The Morgan fingerprint density at radius 1 is 1.33 bits per heavy atom. The van der Waals surface area contributed by atoms with Crippen LogP contribution in [0, 0.1) is 40.2 Å². The number of aliphatic hydroxyl groups is 1. The van der Waals surface area contributed by atoms with Gasteiger partial charge in [0.2, 0.25) is 0 Å². The zero-order valence-electron chi connectivity index (χ0n) is 16.0. The number of aryl methyl sites for hydroxylation is 1. The fourth-order valence-electron chi connectivity index (χ4n) is 2.46. The molecule has 152 valence electrons. The quantitative estimate of drug-likeness (QED) is 0.192. The van der Waals surface area contributed by atoms with E-state index >= 15 is 0 Å². The van der Waals surface area contributed by atoms with Crippen molar-refractivity contribution >= 4 is 29.0 Å². The van der Waals surface area contributed by atoms with Crippen LogP contribution in [0.5, 0.6) is 5.75 Å². The SMILES string of the molecule is Cc1cc(/C(O)=C(\C#N)C(=O)N(C)CC#Cc2ccccc2Cl)cc([N+](=O)[O-])c1O. The Hall–Kier alpha value is -4.01. The van der Waals surface area contributed by atoms with Gasteiger partial charge in [0.15, 0.2) is 11.3 Å². The number of phenolic OH excluding ortho intramolecular Hbond substituents is 1. The molecule has 9 heteroatoms. The lowest BCUT2D eigenvalue weighted by Gasteiger charge is -2.14. The Morgan fingerprint density at radius 2 is 2.00 bits per heavy atom. The highest BCUT2D eigenvalue weighted by molar-refractivity contribution is 6.31. The molecule has 1 amide bonds. The van der Waals surface area contributed by atoms with E-state index in [4.69, 9.17) is 11.6 Å². The lowest BCUT2D eigenvalue weighted by Crippen LogP contribution is -2.28. The number of aromatic hydroxyl groups is 1. The predicted octanol–water partition coefficient (Wildman–Crippen LogP) is 3.57. The Kier molecular flexibility index (Phi) is 7.03. The normalized spacial score (nSPS) is 10.9. The van der Waals surface area contributed by atoms with Gasteiger partial charge in [-0.2, -0.15) is 5.26 Å². The molecule has 0 aliphatic rings. The van der Waals surface area contributed by atoms with Gasteiger partial charge in [0.25, 0.3) is 5.91 Å². The zero-order valence-corrected chi connectivity index (χ0v) is 16.8. The molecule has 2 aromatic carbocycles. The smallest absolute Gasteiger partial charge is 0.311 e. The van der Waals surface area contributed by atoms with Gasteiger partial charge in [-0.05, 0) is 30.7 Å². The van der Waals surface area contributed by atoms with Gasteiger partial charge in [0, 0.05) is 24.2 Å². The average molecular weight is 426 g/mol. The van der Waals surface area contributed by atoms with Crippen LogP contribution >= 0.6 is 11.6 Å². The number of rotatable bonds is 4. The molecule has 0 aliphatic carbocycles. The number of halogens is 1. The molecule has 2 aromatic rings. The fourth-order valence-corrected chi connectivity index (χ4v) is 2.64. The van der Waals surface area contributed by atoms with E-state index in [2.05, 4.69) is 11.8 Å². The number of nitro benzene ring substituents is 1. The van der Waals surface area contributed by atoms with Crippen molar-refractivity contribution in [2.45, 2.75) is 6.92 Å². The van der Waals surface area contributed by atoms with E-state index in [1.165, 1.54) is 20.0 Å². The number of aliphatic hydroxyl groups excluding tert-OH is 1. The molecule has 8 nitrogen and oxygen atoms in total. The maximum absolute atomic E-state index is 12.6. The van der Waals surface area contributed by atoms with Crippen LogP contribution in [0.1, 0.15) is 16.7 Å². The molecule has 0 aliphatic heterocycles. The Labute approximate surface area is 177 Å². The second-order valence-corrected chi connectivity index (χ2v) is 6.60. The Morgan fingerprint density at radius 3 is 2.60 bits per heavy atom. The number of nitrogens with zero attached hydrogens (tertiary/aromatic N) is 3. The fraction of sp³-hybridized carbons (Fsp3) is 0.143. The molecule has 0 saturated heterocycles. The van der Waals surface area contributed by atoms with E-state index in [1.54, 1.807) is 30.3 Å². The van der Waals surface area contributed by atoms with E-state index in [9.17, 15) is 30.4 Å². The molecular formula is C21H16ClN3O5. The molecule has 2 N–H and O–H groups in total. The summed E-state index contributed by atoms with van der Waals surface area (Å²) in [6, 6.07) is 10.6. The number of benzene rings is 2. The minimum absolute atomic E-state index is 0.0583. The van der Waals surface area contributed by atoms with E-state index < -0.39 is 33.6 Å². The number of carbonyl (C=O) groups excluding carboxylic acids is 1. The summed E-state index contributed by atoms with van der Waals surface area (Å²) in [6.07, 6.45) is 0. The van der Waals surface area contributed by atoms with Gasteiger partial charge in [0.05, 0.1) is 16.5 Å². The second-order valence-electron chi connectivity index (χ2n) is 6.20. The summed E-state index contributed by atoms with van der Waals surface area (Å²) in [5, 5.41) is 41.1. The number of nitriles is 1. The monoisotopic (exact) mass is 425 g/mol. The van der Waals surface area contributed by atoms with Crippen LogP contribution in [-0.4, -0.2) is 39.5 Å². The van der Waals surface area contributed by atoms with Gasteiger partial charge in [-0.1, -0.05) is 35.6 Å². The predicted molar refractivity (Wildman–Crippen MR) is 111 cm³/mol. The van der Waals surface area contributed by atoms with Crippen molar-refractivity contribution in [3.8, 4) is 23.7 Å².